The maximum atomic E-state index is 12.9. The van der Waals surface area contributed by atoms with Crippen LogP contribution in [0.1, 0.15) is 41.3 Å². The van der Waals surface area contributed by atoms with Gasteiger partial charge in [-0.25, -0.2) is 0 Å². The summed E-state index contributed by atoms with van der Waals surface area (Å²) in [6, 6.07) is 6.42. The summed E-state index contributed by atoms with van der Waals surface area (Å²) in [7, 11) is 0. The first kappa shape index (κ1) is 14.1. The summed E-state index contributed by atoms with van der Waals surface area (Å²) < 4.78 is 0. The summed E-state index contributed by atoms with van der Waals surface area (Å²) >= 11 is 0. The van der Waals surface area contributed by atoms with Crippen LogP contribution >= 0.6 is 0 Å². The molecule has 1 aromatic rings. The molecule has 3 nitrogen and oxygen atoms in total. The van der Waals surface area contributed by atoms with E-state index in [-0.39, 0.29) is 5.91 Å². The number of nitrogens with zero attached hydrogens (tertiary/aromatic N) is 1. The van der Waals surface area contributed by atoms with Crippen LogP contribution in [0.25, 0.3) is 0 Å². The minimum absolute atomic E-state index is 0.200. The van der Waals surface area contributed by atoms with Crippen LogP contribution in [-0.2, 0) is 0 Å². The molecule has 1 unspecified atom stereocenters. The van der Waals surface area contributed by atoms with Crippen LogP contribution in [0.15, 0.2) is 18.2 Å². The maximum absolute atomic E-state index is 12.9. The highest BCUT2D eigenvalue weighted by Crippen LogP contribution is 2.19. The van der Waals surface area contributed by atoms with Gasteiger partial charge in [-0.2, -0.15) is 0 Å². The van der Waals surface area contributed by atoms with Crippen LogP contribution in [0.4, 0.5) is 0 Å². The van der Waals surface area contributed by atoms with Gasteiger partial charge in [0, 0.05) is 24.7 Å². The van der Waals surface area contributed by atoms with Gasteiger partial charge in [-0.1, -0.05) is 25.1 Å². The Morgan fingerprint density at radius 2 is 2.05 bits per heavy atom. The lowest BCUT2D eigenvalue weighted by molar-refractivity contribution is 0.0691. The van der Waals surface area contributed by atoms with Gasteiger partial charge in [-0.3, -0.25) is 4.79 Å². The Morgan fingerprint density at radius 3 is 2.58 bits per heavy atom. The number of benzene rings is 1. The highest BCUT2D eigenvalue weighted by Gasteiger charge is 2.27. The Bertz CT molecular complexity index is 430. The number of carbonyl (C=O) groups is 1. The van der Waals surface area contributed by atoms with Gasteiger partial charge in [-0.05, 0) is 44.4 Å². The van der Waals surface area contributed by atoms with E-state index in [1.165, 1.54) is 0 Å². The fourth-order valence-corrected chi connectivity index (χ4v) is 2.89. The molecule has 1 aliphatic heterocycles. The molecule has 0 bridgehead atoms. The van der Waals surface area contributed by atoms with E-state index in [1.807, 2.05) is 32.0 Å². The van der Waals surface area contributed by atoms with Gasteiger partial charge in [0.25, 0.3) is 5.91 Å². The molecule has 1 aromatic carbocycles. The number of hydrogen-bond acceptors (Lipinski definition) is 2. The van der Waals surface area contributed by atoms with E-state index >= 15 is 0 Å². The van der Waals surface area contributed by atoms with Crippen molar-refractivity contribution in [2.75, 3.05) is 19.6 Å². The highest BCUT2D eigenvalue weighted by molar-refractivity contribution is 5.97. The summed E-state index contributed by atoms with van der Waals surface area (Å²) in [4.78, 5) is 14.9. The van der Waals surface area contributed by atoms with Gasteiger partial charge in [0.1, 0.15) is 0 Å². The molecule has 0 spiro atoms. The molecule has 1 aliphatic rings. The van der Waals surface area contributed by atoms with E-state index in [9.17, 15) is 4.79 Å². The third-order valence-electron chi connectivity index (χ3n) is 3.90. The molecule has 19 heavy (non-hydrogen) atoms. The fourth-order valence-electron chi connectivity index (χ4n) is 2.89. The Labute approximate surface area is 116 Å². The molecule has 1 heterocycles. The van der Waals surface area contributed by atoms with Crippen molar-refractivity contribution in [1.29, 1.82) is 0 Å². The lowest BCUT2D eigenvalue weighted by atomic mass is 10.0. The molecule has 1 fully saturated rings. The first-order valence-corrected chi connectivity index (χ1v) is 7.23. The standard InChI is InChI=1S/C16H24N2O/c1-4-10-18(14-8-9-17-11-14)16(19)15-12(2)6-5-7-13(15)3/h5-7,14,17H,4,8-11H2,1-3H3. The molecule has 1 saturated heterocycles. The van der Waals surface area contributed by atoms with Gasteiger partial charge in [-0.15, -0.1) is 0 Å². The molecule has 3 heteroatoms. The smallest absolute Gasteiger partial charge is 0.254 e. The highest BCUT2D eigenvalue weighted by atomic mass is 16.2. The minimum Gasteiger partial charge on any atom is -0.334 e. The minimum atomic E-state index is 0.200. The lowest BCUT2D eigenvalue weighted by Crippen LogP contribution is -2.42. The average Bonchev–Trinajstić information content (AvgIpc) is 2.89. The van der Waals surface area contributed by atoms with Crippen LogP contribution in [0.3, 0.4) is 0 Å². The van der Waals surface area contributed by atoms with Gasteiger partial charge < -0.3 is 10.2 Å². The van der Waals surface area contributed by atoms with Crippen LogP contribution in [0, 0.1) is 13.8 Å². The lowest BCUT2D eigenvalue weighted by Gasteiger charge is -2.29. The molecular formula is C16H24N2O. The van der Waals surface area contributed by atoms with Crippen LogP contribution < -0.4 is 5.32 Å². The molecule has 0 saturated carbocycles. The Balaban J connectivity index is 2.28. The van der Waals surface area contributed by atoms with Gasteiger partial charge in [0.2, 0.25) is 0 Å². The van der Waals surface area contributed by atoms with Crippen LogP contribution in [-0.4, -0.2) is 36.5 Å². The SMILES string of the molecule is CCCN(C(=O)c1c(C)cccc1C)C1CCNC1. The summed E-state index contributed by atoms with van der Waals surface area (Å²) in [6.07, 6.45) is 2.07. The fraction of sp³-hybridized carbons (Fsp3) is 0.562. The molecule has 0 aliphatic carbocycles. The van der Waals surface area contributed by atoms with E-state index in [0.29, 0.717) is 6.04 Å². The zero-order valence-corrected chi connectivity index (χ0v) is 12.2. The topological polar surface area (TPSA) is 32.3 Å². The molecule has 0 radical (unpaired) electrons. The first-order chi connectivity index (χ1) is 9.15. The molecule has 1 atom stereocenters. The van der Waals surface area contributed by atoms with Crippen LogP contribution in [0.2, 0.25) is 0 Å². The van der Waals surface area contributed by atoms with Gasteiger partial charge in [0.05, 0.1) is 0 Å². The average molecular weight is 260 g/mol. The summed E-state index contributed by atoms with van der Waals surface area (Å²) in [5.74, 6) is 0.200. The van der Waals surface area contributed by atoms with Crippen molar-refractivity contribution < 1.29 is 4.79 Å². The van der Waals surface area contributed by atoms with Gasteiger partial charge >= 0.3 is 0 Å². The normalized spacial score (nSPS) is 18.6. The molecule has 104 valence electrons. The second-order valence-corrected chi connectivity index (χ2v) is 5.41. The van der Waals surface area contributed by atoms with Crippen molar-refractivity contribution in [3.05, 3.63) is 34.9 Å². The van der Waals surface area contributed by atoms with Crippen molar-refractivity contribution in [3.63, 3.8) is 0 Å². The molecule has 2 rings (SSSR count). The summed E-state index contributed by atoms with van der Waals surface area (Å²) in [5, 5.41) is 3.35. The third kappa shape index (κ3) is 2.98. The second kappa shape index (κ2) is 6.20. The number of rotatable bonds is 4. The zero-order valence-electron chi connectivity index (χ0n) is 12.2. The van der Waals surface area contributed by atoms with Crippen molar-refractivity contribution in [2.24, 2.45) is 0 Å². The number of nitrogens with one attached hydrogen (secondary N) is 1. The molecule has 0 aromatic heterocycles. The van der Waals surface area contributed by atoms with Crippen molar-refractivity contribution in [1.82, 2.24) is 10.2 Å². The quantitative estimate of drug-likeness (QED) is 0.902. The predicted octanol–water partition coefficient (Wildman–Crippen LogP) is 2.52. The Hall–Kier alpha value is -1.35. The van der Waals surface area contributed by atoms with E-state index in [1.54, 1.807) is 0 Å². The summed E-state index contributed by atoms with van der Waals surface area (Å²) in [5.41, 5.74) is 3.05. The number of carbonyl (C=O) groups excluding carboxylic acids is 1. The molecule has 1 amide bonds. The first-order valence-electron chi connectivity index (χ1n) is 7.23. The van der Waals surface area contributed by atoms with E-state index in [4.69, 9.17) is 0 Å². The summed E-state index contributed by atoms with van der Waals surface area (Å²) in [6.45, 7) is 8.97. The number of aryl methyl sites for hydroxylation is 2. The van der Waals surface area contributed by atoms with E-state index in [2.05, 4.69) is 17.1 Å². The molecule has 1 N–H and O–H groups in total. The Morgan fingerprint density at radius 1 is 1.37 bits per heavy atom. The monoisotopic (exact) mass is 260 g/mol. The largest absolute Gasteiger partial charge is 0.334 e. The maximum Gasteiger partial charge on any atom is 0.254 e. The predicted molar refractivity (Wildman–Crippen MR) is 78.5 cm³/mol. The van der Waals surface area contributed by atoms with E-state index < -0.39 is 0 Å². The molecular weight excluding hydrogens is 236 g/mol. The van der Waals surface area contributed by atoms with Crippen molar-refractivity contribution in [2.45, 2.75) is 39.7 Å². The number of hydrogen-bond donors (Lipinski definition) is 1. The van der Waals surface area contributed by atoms with E-state index in [0.717, 1.165) is 49.2 Å². The second-order valence-electron chi connectivity index (χ2n) is 5.41. The zero-order chi connectivity index (χ0) is 13.8. The number of amides is 1. The van der Waals surface area contributed by atoms with Gasteiger partial charge in [0.15, 0.2) is 0 Å². The van der Waals surface area contributed by atoms with Crippen molar-refractivity contribution in [3.8, 4) is 0 Å². The third-order valence-corrected chi connectivity index (χ3v) is 3.90. The Kier molecular flexibility index (Phi) is 4.59. The van der Waals surface area contributed by atoms with Crippen molar-refractivity contribution >= 4 is 5.91 Å². The van der Waals surface area contributed by atoms with Crippen LogP contribution in [0.5, 0.6) is 0 Å².